The molecule has 150 valence electrons. The largest absolute Gasteiger partial charge is 0.465 e. The van der Waals surface area contributed by atoms with Crippen LogP contribution in [0.15, 0.2) is 48.5 Å². The van der Waals surface area contributed by atoms with Gasteiger partial charge < -0.3 is 14.9 Å². The van der Waals surface area contributed by atoms with Gasteiger partial charge >= 0.3 is 6.09 Å². The molecular weight excluding hydrogens is 354 g/mol. The summed E-state index contributed by atoms with van der Waals surface area (Å²) in [5, 5.41) is 19.9. The molecule has 0 bridgehead atoms. The van der Waals surface area contributed by atoms with Crippen LogP contribution in [0.2, 0.25) is 0 Å². The number of carboxylic acid groups (broad SMARTS) is 1. The second-order valence-electron chi connectivity index (χ2n) is 8.35. The molecule has 5 heteroatoms. The van der Waals surface area contributed by atoms with Crippen LogP contribution in [0.25, 0.3) is 11.1 Å². The zero-order valence-electron chi connectivity index (χ0n) is 16.9. The molecule has 0 saturated carbocycles. The predicted octanol–water partition coefficient (Wildman–Crippen LogP) is 4.34. The summed E-state index contributed by atoms with van der Waals surface area (Å²) < 4.78 is 5.96. The van der Waals surface area contributed by atoms with Gasteiger partial charge in [-0.15, -0.1) is 0 Å². The first-order valence-electron chi connectivity index (χ1n) is 9.69. The first-order chi connectivity index (χ1) is 13.2. The number of hydrogen-bond acceptors (Lipinski definition) is 3. The van der Waals surface area contributed by atoms with Crippen molar-refractivity contribution in [3.8, 4) is 11.1 Å². The van der Waals surface area contributed by atoms with Gasteiger partial charge in [-0.2, -0.15) is 0 Å². The Balaban J connectivity index is 1.93. The van der Waals surface area contributed by atoms with Crippen molar-refractivity contribution in [3.05, 3.63) is 59.7 Å². The zero-order chi connectivity index (χ0) is 20.5. The van der Waals surface area contributed by atoms with Crippen molar-refractivity contribution in [1.29, 1.82) is 0 Å². The van der Waals surface area contributed by atoms with Gasteiger partial charge in [0, 0.05) is 12.5 Å². The van der Waals surface area contributed by atoms with E-state index in [0.29, 0.717) is 0 Å². The molecule has 0 saturated heterocycles. The molecule has 2 atom stereocenters. The van der Waals surface area contributed by atoms with Gasteiger partial charge in [0.25, 0.3) is 0 Å². The van der Waals surface area contributed by atoms with Crippen molar-refractivity contribution < 1.29 is 19.7 Å². The van der Waals surface area contributed by atoms with Crippen LogP contribution < -0.4 is 0 Å². The number of benzene rings is 2. The van der Waals surface area contributed by atoms with E-state index >= 15 is 0 Å². The number of aliphatic hydroxyl groups excluding tert-OH is 1. The van der Waals surface area contributed by atoms with E-state index in [2.05, 4.69) is 24.3 Å². The van der Waals surface area contributed by atoms with Gasteiger partial charge in [-0.1, -0.05) is 48.5 Å². The Morgan fingerprint density at radius 3 is 2.00 bits per heavy atom. The third-order valence-electron chi connectivity index (χ3n) is 5.26. The van der Waals surface area contributed by atoms with Crippen LogP contribution in [0, 0.1) is 0 Å². The van der Waals surface area contributed by atoms with E-state index in [1.165, 1.54) is 4.90 Å². The van der Waals surface area contributed by atoms with E-state index in [-0.39, 0.29) is 19.1 Å². The number of rotatable bonds is 6. The Labute approximate surface area is 166 Å². The van der Waals surface area contributed by atoms with Crippen LogP contribution >= 0.6 is 0 Å². The third-order valence-corrected chi connectivity index (χ3v) is 5.26. The number of nitrogens with zero attached hydrogens (tertiary/aromatic N) is 1. The minimum Gasteiger partial charge on any atom is -0.465 e. The molecule has 0 radical (unpaired) electrons. The van der Waals surface area contributed by atoms with E-state index in [0.717, 1.165) is 22.3 Å². The van der Waals surface area contributed by atoms with Crippen molar-refractivity contribution in [2.75, 3.05) is 13.2 Å². The molecule has 3 rings (SSSR count). The smallest absolute Gasteiger partial charge is 0.407 e. The molecule has 0 aromatic heterocycles. The van der Waals surface area contributed by atoms with Crippen LogP contribution in [-0.4, -0.2) is 52.1 Å². The van der Waals surface area contributed by atoms with Crippen LogP contribution in [0.3, 0.4) is 0 Å². The number of amides is 1. The van der Waals surface area contributed by atoms with Crippen LogP contribution in [0.5, 0.6) is 0 Å². The van der Waals surface area contributed by atoms with Crippen molar-refractivity contribution >= 4 is 6.09 Å². The van der Waals surface area contributed by atoms with Gasteiger partial charge in [-0.05, 0) is 49.9 Å². The second kappa shape index (κ2) is 7.94. The van der Waals surface area contributed by atoms with Gasteiger partial charge in [-0.25, -0.2) is 4.79 Å². The van der Waals surface area contributed by atoms with Crippen molar-refractivity contribution in [1.82, 2.24) is 4.90 Å². The minimum absolute atomic E-state index is 0.0700. The molecule has 0 aliphatic heterocycles. The van der Waals surface area contributed by atoms with Gasteiger partial charge in [-0.3, -0.25) is 4.90 Å². The summed E-state index contributed by atoms with van der Waals surface area (Å²) in [6.07, 6.45) is -1.49. The number of carbonyl (C=O) groups is 1. The van der Waals surface area contributed by atoms with Gasteiger partial charge in [0.05, 0.1) is 24.4 Å². The fourth-order valence-corrected chi connectivity index (χ4v) is 4.15. The third kappa shape index (κ3) is 4.05. The minimum atomic E-state index is -1.05. The summed E-state index contributed by atoms with van der Waals surface area (Å²) in [5.74, 6) is -0.0700. The quantitative estimate of drug-likeness (QED) is 0.778. The highest BCUT2D eigenvalue weighted by Gasteiger charge is 2.36. The molecule has 1 aliphatic carbocycles. The summed E-state index contributed by atoms with van der Waals surface area (Å²) in [5.41, 5.74) is 4.11. The van der Waals surface area contributed by atoms with Gasteiger partial charge in [0.15, 0.2) is 0 Å². The number of hydrogen-bond donors (Lipinski definition) is 2. The first kappa shape index (κ1) is 20.4. The Morgan fingerprint density at radius 2 is 1.57 bits per heavy atom. The number of fused-ring (bicyclic) bond motifs is 3. The number of aliphatic hydroxyl groups is 1. The molecule has 0 heterocycles. The highest BCUT2D eigenvalue weighted by molar-refractivity contribution is 5.79. The molecule has 0 spiro atoms. The summed E-state index contributed by atoms with van der Waals surface area (Å²) in [7, 11) is 0. The molecule has 0 fully saturated rings. The summed E-state index contributed by atoms with van der Waals surface area (Å²) in [6.45, 7) is 7.57. The van der Waals surface area contributed by atoms with E-state index in [9.17, 15) is 15.0 Å². The fraction of sp³-hybridized carbons (Fsp3) is 0.435. The highest BCUT2D eigenvalue weighted by atomic mass is 16.5. The average Bonchev–Trinajstić information content (AvgIpc) is 2.94. The Morgan fingerprint density at radius 1 is 1.07 bits per heavy atom. The molecule has 5 nitrogen and oxygen atoms in total. The van der Waals surface area contributed by atoms with E-state index in [4.69, 9.17) is 4.74 Å². The lowest BCUT2D eigenvalue weighted by Crippen LogP contribution is -2.51. The lowest BCUT2D eigenvalue weighted by Gasteiger charge is -2.37. The molecule has 2 aromatic carbocycles. The lowest BCUT2D eigenvalue weighted by atomic mass is 9.95. The van der Waals surface area contributed by atoms with E-state index in [1.807, 2.05) is 52.0 Å². The zero-order valence-corrected chi connectivity index (χ0v) is 16.9. The maximum absolute atomic E-state index is 12.1. The topological polar surface area (TPSA) is 70.0 Å². The first-order valence-corrected chi connectivity index (χ1v) is 9.69. The van der Waals surface area contributed by atoms with Gasteiger partial charge in [0.1, 0.15) is 0 Å². The molecule has 1 aliphatic rings. The Bertz CT molecular complexity index is 797. The molecule has 2 N–H and O–H groups in total. The maximum atomic E-state index is 12.1. The summed E-state index contributed by atoms with van der Waals surface area (Å²) in [6, 6.07) is 15.6. The van der Waals surface area contributed by atoms with Crippen molar-refractivity contribution in [3.63, 3.8) is 0 Å². The molecule has 0 unspecified atom stereocenters. The van der Waals surface area contributed by atoms with E-state index < -0.39 is 23.8 Å². The summed E-state index contributed by atoms with van der Waals surface area (Å²) in [4.78, 5) is 13.5. The Kier molecular flexibility index (Phi) is 5.77. The standard InChI is InChI=1S/C23H29NO4/c1-15(28-23(2,3)4)21(14-25)24(22(26)27)13-20-18-11-7-5-9-16(18)17-10-6-8-12-19(17)20/h5-12,15,20-21,25H,13-14H2,1-4H3,(H,26,27)/t15-,21+/m0/s1. The molecular formula is C23H29NO4. The van der Waals surface area contributed by atoms with Gasteiger partial charge in [0.2, 0.25) is 0 Å². The second-order valence-corrected chi connectivity index (χ2v) is 8.35. The normalized spacial score (nSPS) is 15.6. The van der Waals surface area contributed by atoms with Crippen molar-refractivity contribution in [2.45, 2.75) is 51.4 Å². The molecule has 2 aromatic rings. The fourth-order valence-electron chi connectivity index (χ4n) is 4.15. The van der Waals surface area contributed by atoms with Crippen LogP contribution in [0.1, 0.15) is 44.7 Å². The van der Waals surface area contributed by atoms with Crippen molar-refractivity contribution in [2.24, 2.45) is 0 Å². The monoisotopic (exact) mass is 383 g/mol. The Hall–Kier alpha value is -2.37. The predicted molar refractivity (Wildman–Crippen MR) is 110 cm³/mol. The maximum Gasteiger partial charge on any atom is 0.407 e. The molecule has 28 heavy (non-hydrogen) atoms. The SMILES string of the molecule is C[C@H](OC(C)(C)C)[C@@H](CO)N(CC1c2ccccc2-c2ccccc21)C(=O)O. The van der Waals surface area contributed by atoms with Crippen LogP contribution in [0.4, 0.5) is 4.79 Å². The van der Waals surface area contributed by atoms with E-state index in [1.54, 1.807) is 0 Å². The lowest BCUT2D eigenvalue weighted by molar-refractivity contribution is -0.0922. The van der Waals surface area contributed by atoms with Crippen LogP contribution in [-0.2, 0) is 4.74 Å². The highest BCUT2D eigenvalue weighted by Crippen LogP contribution is 2.45. The summed E-state index contributed by atoms with van der Waals surface area (Å²) >= 11 is 0. The number of ether oxygens (including phenoxy) is 1. The average molecular weight is 383 g/mol. The molecule has 1 amide bonds.